The van der Waals surface area contributed by atoms with Gasteiger partial charge in [-0.15, -0.1) is 0 Å². The largest absolute Gasteiger partial charge is 0.493 e. The summed E-state index contributed by atoms with van der Waals surface area (Å²) in [6.07, 6.45) is 0.970. The van der Waals surface area contributed by atoms with Crippen LogP contribution in [0.4, 0.5) is 16.2 Å². The summed E-state index contributed by atoms with van der Waals surface area (Å²) in [5.41, 5.74) is 7.86. The van der Waals surface area contributed by atoms with Gasteiger partial charge in [0.1, 0.15) is 17.9 Å². The molecule has 3 aromatic rings. The van der Waals surface area contributed by atoms with Crippen LogP contribution in [0.25, 0.3) is 10.9 Å². The number of nitrogen functional groups attached to an aromatic ring is 1. The lowest BCUT2D eigenvalue weighted by Crippen LogP contribution is -2.54. The molecule has 1 aliphatic rings. The molecule has 0 spiro atoms. The molecule has 1 unspecified atom stereocenters. The second-order valence-electron chi connectivity index (χ2n) is 9.06. The minimum atomic E-state index is -0.685. The van der Waals surface area contributed by atoms with E-state index in [1.54, 1.807) is 18.2 Å². The number of nitriles is 1. The number of halogens is 1. The molecule has 1 amide bonds. The van der Waals surface area contributed by atoms with Crippen LogP contribution >= 0.6 is 0 Å². The maximum atomic E-state index is 15.5. The van der Waals surface area contributed by atoms with E-state index >= 15 is 4.39 Å². The lowest BCUT2D eigenvalue weighted by molar-refractivity contribution is -0.131. The highest BCUT2D eigenvalue weighted by Gasteiger charge is 2.29. The number of amides is 1. The fraction of sp³-hybridized carbons (Fsp3) is 0.407. The Morgan fingerprint density at radius 2 is 1.97 bits per heavy atom. The minimum Gasteiger partial charge on any atom is -0.493 e. The van der Waals surface area contributed by atoms with Gasteiger partial charge in [-0.05, 0) is 37.1 Å². The summed E-state index contributed by atoms with van der Waals surface area (Å²) in [4.78, 5) is 25.6. The first-order chi connectivity index (χ1) is 18.4. The number of piperazine rings is 1. The fourth-order valence-corrected chi connectivity index (χ4v) is 4.47. The molecule has 0 saturated carbocycles. The van der Waals surface area contributed by atoms with Gasteiger partial charge in [0, 0.05) is 44.6 Å². The zero-order valence-electron chi connectivity index (χ0n) is 21.7. The molecule has 11 heteroatoms. The Bertz CT molecular complexity index is 1340. The molecule has 0 bridgehead atoms. The van der Waals surface area contributed by atoms with E-state index in [1.165, 1.54) is 14.2 Å². The second-order valence-corrected chi connectivity index (χ2v) is 9.06. The smallest absolute Gasteiger partial charge is 0.228 e. The summed E-state index contributed by atoms with van der Waals surface area (Å²) in [5.74, 6) is -0.0915. The van der Waals surface area contributed by atoms with E-state index in [2.05, 4.69) is 16.0 Å². The van der Waals surface area contributed by atoms with Crippen molar-refractivity contribution < 1.29 is 23.4 Å². The van der Waals surface area contributed by atoms with E-state index in [9.17, 15) is 4.79 Å². The summed E-state index contributed by atoms with van der Waals surface area (Å²) in [6, 6.07) is 10.8. The number of rotatable bonds is 9. The van der Waals surface area contributed by atoms with Crippen molar-refractivity contribution >= 4 is 28.6 Å². The molecule has 2 heterocycles. The molecular weight excluding hydrogens is 491 g/mol. The molecule has 1 aromatic heterocycles. The van der Waals surface area contributed by atoms with E-state index in [0.29, 0.717) is 49.4 Å². The Hall–Kier alpha value is -4.17. The summed E-state index contributed by atoms with van der Waals surface area (Å²) >= 11 is 0. The van der Waals surface area contributed by atoms with Crippen molar-refractivity contribution in [2.45, 2.75) is 25.8 Å². The van der Waals surface area contributed by atoms with E-state index < -0.39 is 5.82 Å². The standard InChI is InChI=1S/C27H31FN6O4/c1-17-16-33(22(35)9-8-18-4-6-19(15-29)7-5-18)10-11-34(17)27-31-24-20(26(30)32-27)14-21(37-3)25(23(24)28)38-13-12-36-2/h4-7,14,17H,8-13,16H2,1-3H3,(H2,30,31,32). The lowest BCUT2D eigenvalue weighted by Gasteiger charge is -2.40. The number of ether oxygens (including phenoxy) is 3. The predicted molar refractivity (Wildman–Crippen MR) is 141 cm³/mol. The van der Waals surface area contributed by atoms with Crippen LogP contribution in [-0.2, 0) is 16.0 Å². The molecule has 200 valence electrons. The number of aromatic nitrogens is 2. The van der Waals surface area contributed by atoms with E-state index in [4.69, 9.17) is 25.2 Å². The number of benzene rings is 2. The Balaban J connectivity index is 1.48. The van der Waals surface area contributed by atoms with Crippen molar-refractivity contribution in [3.8, 4) is 17.6 Å². The zero-order valence-corrected chi connectivity index (χ0v) is 21.7. The topological polar surface area (TPSA) is 127 Å². The van der Waals surface area contributed by atoms with Gasteiger partial charge in [-0.25, -0.2) is 9.37 Å². The Morgan fingerprint density at radius 3 is 2.63 bits per heavy atom. The first-order valence-corrected chi connectivity index (χ1v) is 12.3. The first kappa shape index (κ1) is 26.9. The Labute approximate surface area is 220 Å². The van der Waals surface area contributed by atoms with Crippen molar-refractivity contribution in [3.05, 3.63) is 47.3 Å². The van der Waals surface area contributed by atoms with Crippen LogP contribution in [0.3, 0.4) is 0 Å². The minimum absolute atomic E-state index is 0.0360. The van der Waals surface area contributed by atoms with Crippen LogP contribution in [0, 0.1) is 17.1 Å². The Kier molecular flexibility index (Phi) is 8.43. The average molecular weight is 523 g/mol. The number of hydrogen-bond donors (Lipinski definition) is 1. The quantitative estimate of drug-likeness (QED) is 0.422. The van der Waals surface area contributed by atoms with E-state index in [1.807, 2.05) is 28.9 Å². The third-order valence-corrected chi connectivity index (χ3v) is 6.57. The van der Waals surface area contributed by atoms with Crippen LogP contribution in [0.5, 0.6) is 11.5 Å². The molecule has 0 radical (unpaired) electrons. The number of nitrogens with two attached hydrogens (primary N) is 1. The van der Waals surface area contributed by atoms with Crippen molar-refractivity contribution in [1.82, 2.24) is 14.9 Å². The van der Waals surface area contributed by atoms with E-state index in [0.717, 1.165) is 5.56 Å². The number of nitrogens with zero attached hydrogens (tertiary/aromatic N) is 5. The number of fused-ring (bicyclic) bond motifs is 1. The predicted octanol–water partition coefficient (Wildman–Crippen LogP) is 2.93. The molecule has 1 aliphatic heterocycles. The van der Waals surface area contributed by atoms with Gasteiger partial charge in [0.25, 0.3) is 0 Å². The Morgan fingerprint density at radius 1 is 1.21 bits per heavy atom. The molecule has 10 nitrogen and oxygen atoms in total. The van der Waals surface area contributed by atoms with Gasteiger partial charge < -0.3 is 29.7 Å². The molecule has 2 N–H and O–H groups in total. The van der Waals surface area contributed by atoms with Crippen LogP contribution < -0.4 is 20.1 Å². The highest BCUT2D eigenvalue weighted by molar-refractivity contribution is 5.92. The number of hydrogen-bond acceptors (Lipinski definition) is 9. The SMILES string of the molecule is COCCOc1c(OC)cc2c(N)nc(N3CCN(C(=O)CCc4ccc(C#N)cc4)CC3C)nc2c1F. The summed E-state index contributed by atoms with van der Waals surface area (Å²) in [5, 5.41) is 9.26. The molecule has 1 atom stereocenters. The first-order valence-electron chi connectivity index (χ1n) is 12.3. The van der Waals surface area contributed by atoms with Gasteiger partial charge in [-0.2, -0.15) is 10.2 Å². The molecular formula is C27H31FN6O4. The third kappa shape index (κ3) is 5.70. The molecule has 2 aromatic carbocycles. The zero-order chi connectivity index (χ0) is 27.2. The van der Waals surface area contributed by atoms with Crippen LogP contribution in [0.1, 0.15) is 24.5 Å². The second kappa shape index (κ2) is 11.9. The van der Waals surface area contributed by atoms with Crippen molar-refractivity contribution in [1.29, 1.82) is 5.26 Å². The monoisotopic (exact) mass is 522 g/mol. The molecule has 4 rings (SSSR count). The van der Waals surface area contributed by atoms with Crippen molar-refractivity contribution in [2.24, 2.45) is 0 Å². The molecule has 38 heavy (non-hydrogen) atoms. The molecule has 0 aliphatic carbocycles. The van der Waals surface area contributed by atoms with Gasteiger partial charge in [0.05, 0.1) is 25.3 Å². The number of aryl methyl sites for hydroxylation is 1. The number of methoxy groups -OCH3 is 2. The summed E-state index contributed by atoms with van der Waals surface area (Å²) in [6.45, 7) is 3.82. The van der Waals surface area contributed by atoms with Gasteiger partial charge in [-0.3, -0.25) is 4.79 Å². The van der Waals surface area contributed by atoms with Gasteiger partial charge in [0.2, 0.25) is 11.9 Å². The highest BCUT2D eigenvalue weighted by atomic mass is 19.1. The maximum absolute atomic E-state index is 15.5. The lowest BCUT2D eigenvalue weighted by atomic mass is 10.1. The van der Waals surface area contributed by atoms with Gasteiger partial charge >= 0.3 is 0 Å². The fourth-order valence-electron chi connectivity index (χ4n) is 4.47. The molecule has 1 saturated heterocycles. The maximum Gasteiger partial charge on any atom is 0.228 e. The van der Waals surface area contributed by atoms with Gasteiger partial charge in [0.15, 0.2) is 17.3 Å². The highest BCUT2D eigenvalue weighted by Crippen LogP contribution is 2.38. The van der Waals surface area contributed by atoms with Crippen LogP contribution in [-0.4, -0.2) is 73.9 Å². The number of carbonyl (C=O) groups excluding carboxylic acids is 1. The molecule has 1 fully saturated rings. The average Bonchev–Trinajstić information content (AvgIpc) is 2.93. The number of carbonyl (C=O) groups is 1. The summed E-state index contributed by atoms with van der Waals surface area (Å²) in [7, 11) is 2.95. The van der Waals surface area contributed by atoms with Crippen LogP contribution in [0.15, 0.2) is 30.3 Å². The van der Waals surface area contributed by atoms with Gasteiger partial charge in [-0.1, -0.05) is 12.1 Å². The van der Waals surface area contributed by atoms with Crippen LogP contribution in [0.2, 0.25) is 0 Å². The van der Waals surface area contributed by atoms with E-state index in [-0.39, 0.29) is 48.0 Å². The number of anilines is 2. The van der Waals surface area contributed by atoms with Crippen molar-refractivity contribution in [2.75, 3.05) is 57.7 Å². The summed E-state index contributed by atoms with van der Waals surface area (Å²) < 4.78 is 31.4. The normalized spacial score (nSPS) is 15.4. The third-order valence-electron chi connectivity index (χ3n) is 6.57. The van der Waals surface area contributed by atoms with Crippen molar-refractivity contribution in [3.63, 3.8) is 0 Å².